The van der Waals surface area contributed by atoms with Crippen molar-refractivity contribution in [1.29, 1.82) is 0 Å². The fourth-order valence-corrected chi connectivity index (χ4v) is 5.42. The monoisotopic (exact) mass is 474 g/mol. The Labute approximate surface area is 216 Å². The topological polar surface area (TPSA) is 8.17 Å². The van der Waals surface area contributed by atoms with Crippen molar-refractivity contribution >= 4 is 44.0 Å². The number of para-hydroxylation sites is 2. The van der Waals surface area contributed by atoms with E-state index in [0.29, 0.717) is 0 Å². The normalized spacial score (nSPS) is 11.4. The maximum absolute atomic E-state index is 2.40. The molecule has 0 saturated heterocycles. The van der Waals surface area contributed by atoms with Crippen molar-refractivity contribution in [2.45, 2.75) is 0 Å². The second kappa shape index (κ2) is 8.69. The summed E-state index contributed by atoms with van der Waals surface area (Å²) in [5, 5.41) is 5.05. The quantitative estimate of drug-likeness (QED) is 0.247. The maximum Gasteiger partial charge on any atom is 0.0547 e. The van der Waals surface area contributed by atoms with Crippen LogP contribution in [0.1, 0.15) is 0 Å². The molecule has 7 aromatic rings. The van der Waals surface area contributed by atoms with Crippen molar-refractivity contribution in [2.75, 3.05) is 11.9 Å². The van der Waals surface area contributed by atoms with Crippen LogP contribution in [0.15, 0.2) is 140 Å². The molecule has 2 heteroatoms. The number of benzene rings is 6. The first-order valence-electron chi connectivity index (χ1n) is 12.7. The molecule has 6 aromatic carbocycles. The summed E-state index contributed by atoms with van der Waals surface area (Å²) in [6.07, 6.45) is 0. The Kier molecular flexibility index (Phi) is 5.04. The third-order valence-electron chi connectivity index (χ3n) is 7.40. The van der Waals surface area contributed by atoms with Crippen LogP contribution in [0.25, 0.3) is 49.4 Å². The summed E-state index contributed by atoms with van der Waals surface area (Å²) in [4.78, 5) is 2.21. The molecule has 0 radical (unpaired) electrons. The average Bonchev–Trinajstić information content (AvgIpc) is 3.31. The minimum atomic E-state index is 1.17. The van der Waals surface area contributed by atoms with Crippen LogP contribution in [0.2, 0.25) is 0 Å². The Hall–Kier alpha value is -4.82. The van der Waals surface area contributed by atoms with E-state index in [1.54, 1.807) is 0 Å². The van der Waals surface area contributed by atoms with Gasteiger partial charge in [0, 0.05) is 34.9 Å². The molecule has 7 rings (SSSR count). The lowest BCUT2D eigenvalue weighted by Gasteiger charge is -2.19. The molecule has 0 atom stereocenters. The van der Waals surface area contributed by atoms with Crippen molar-refractivity contribution in [1.82, 2.24) is 4.57 Å². The molecule has 1 aromatic heterocycles. The number of nitrogens with zero attached hydrogens (tertiary/aromatic N) is 2. The van der Waals surface area contributed by atoms with Gasteiger partial charge in [-0.2, -0.15) is 0 Å². The molecule has 2 nitrogen and oxygen atoms in total. The summed E-state index contributed by atoms with van der Waals surface area (Å²) < 4.78 is 2.40. The fourth-order valence-electron chi connectivity index (χ4n) is 5.42. The first-order chi connectivity index (χ1) is 18.3. The Morgan fingerprint density at radius 2 is 1.11 bits per heavy atom. The van der Waals surface area contributed by atoms with Gasteiger partial charge in [0.25, 0.3) is 0 Å². The van der Waals surface area contributed by atoms with Gasteiger partial charge in [0.2, 0.25) is 0 Å². The highest BCUT2D eigenvalue weighted by molar-refractivity contribution is 6.10. The molecule has 0 aliphatic heterocycles. The molecule has 0 aliphatic carbocycles. The summed E-state index contributed by atoms with van der Waals surface area (Å²) in [6.45, 7) is 0. The second-order valence-corrected chi connectivity index (χ2v) is 9.56. The van der Waals surface area contributed by atoms with Crippen LogP contribution in [-0.2, 0) is 0 Å². The van der Waals surface area contributed by atoms with Crippen LogP contribution >= 0.6 is 0 Å². The third-order valence-corrected chi connectivity index (χ3v) is 7.40. The van der Waals surface area contributed by atoms with E-state index in [9.17, 15) is 0 Å². The van der Waals surface area contributed by atoms with Crippen LogP contribution in [0.5, 0.6) is 0 Å². The molecule has 0 N–H and O–H groups in total. The standard InChI is InChI=1S/C35H26N2/c1-36(29-11-3-2-4-12-29)30-19-15-26(16-20-30)28-18-22-33-32-13-7-8-14-34(32)37(35(33)24-28)31-21-17-25-9-5-6-10-27(25)23-31/h2-24H,1H3. The van der Waals surface area contributed by atoms with Gasteiger partial charge in [0.1, 0.15) is 0 Å². The van der Waals surface area contributed by atoms with E-state index in [-0.39, 0.29) is 0 Å². The Bertz CT molecular complexity index is 1880. The third kappa shape index (κ3) is 3.66. The number of aromatic nitrogens is 1. The smallest absolute Gasteiger partial charge is 0.0547 e. The van der Waals surface area contributed by atoms with E-state index >= 15 is 0 Å². The largest absolute Gasteiger partial charge is 0.345 e. The molecule has 0 unspecified atom stereocenters. The molecular formula is C35H26N2. The van der Waals surface area contributed by atoms with Gasteiger partial charge in [-0.05, 0) is 70.4 Å². The summed E-state index contributed by atoms with van der Waals surface area (Å²) in [5.74, 6) is 0. The van der Waals surface area contributed by atoms with Crippen LogP contribution in [-0.4, -0.2) is 11.6 Å². The molecule has 176 valence electrons. The van der Waals surface area contributed by atoms with Gasteiger partial charge in [-0.1, -0.05) is 91.0 Å². The summed E-state index contributed by atoms with van der Waals surface area (Å²) in [7, 11) is 2.11. The number of hydrogen-bond donors (Lipinski definition) is 0. The molecule has 0 fully saturated rings. The van der Waals surface area contributed by atoms with Gasteiger partial charge >= 0.3 is 0 Å². The van der Waals surface area contributed by atoms with E-state index in [2.05, 4.69) is 150 Å². The highest BCUT2D eigenvalue weighted by Crippen LogP contribution is 2.36. The van der Waals surface area contributed by atoms with E-state index in [0.717, 1.165) is 0 Å². The van der Waals surface area contributed by atoms with Crippen LogP contribution in [0.4, 0.5) is 11.4 Å². The molecule has 0 aliphatic rings. The molecular weight excluding hydrogens is 448 g/mol. The molecule has 0 saturated carbocycles. The lowest BCUT2D eigenvalue weighted by molar-refractivity contribution is 1.19. The van der Waals surface area contributed by atoms with Gasteiger partial charge in [-0.25, -0.2) is 0 Å². The highest BCUT2D eigenvalue weighted by Gasteiger charge is 2.14. The zero-order valence-electron chi connectivity index (χ0n) is 20.7. The summed E-state index contributed by atoms with van der Waals surface area (Å²) in [5.41, 5.74) is 8.40. The Morgan fingerprint density at radius 1 is 0.459 bits per heavy atom. The SMILES string of the molecule is CN(c1ccccc1)c1ccc(-c2ccc3c4ccccc4n(-c4ccc5ccccc5c4)c3c2)cc1. The zero-order valence-corrected chi connectivity index (χ0v) is 20.7. The van der Waals surface area contributed by atoms with Crippen molar-refractivity contribution in [3.63, 3.8) is 0 Å². The van der Waals surface area contributed by atoms with Crippen LogP contribution in [0, 0.1) is 0 Å². The molecule has 0 bridgehead atoms. The van der Waals surface area contributed by atoms with Crippen LogP contribution in [0.3, 0.4) is 0 Å². The number of fused-ring (bicyclic) bond motifs is 4. The maximum atomic E-state index is 2.40. The minimum absolute atomic E-state index is 1.17. The number of hydrogen-bond acceptors (Lipinski definition) is 1. The fraction of sp³-hybridized carbons (Fsp3) is 0.0286. The molecule has 0 spiro atoms. The highest BCUT2D eigenvalue weighted by atomic mass is 15.1. The van der Waals surface area contributed by atoms with E-state index in [1.807, 2.05) is 6.07 Å². The lowest BCUT2D eigenvalue weighted by atomic mass is 10.0. The summed E-state index contributed by atoms with van der Waals surface area (Å²) in [6, 6.07) is 50.2. The molecule has 0 amide bonds. The second-order valence-electron chi connectivity index (χ2n) is 9.56. The van der Waals surface area contributed by atoms with Gasteiger partial charge < -0.3 is 9.47 Å². The zero-order chi connectivity index (χ0) is 24.8. The lowest BCUT2D eigenvalue weighted by Crippen LogP contribution is -2.08. The van der Waals surface area contributed by atoms with E-state index < -0.39 is 0 Å². The van der Waals surface area contributed by atoms with E-state index in [4.69, 9.17) is 0 Å². The average molecular weight is 475 g/mol. The first kappa shape index (κ1) is 21.5. The summed E-state index contributed by atoms with van der Waals surface area (Å²) >= 11 is 0. The Morgan fingerprint density at radius 3 is 1.95 bits per heavy atom. The van der Waals surface area contributed by atoms with Crippen molar-refractivity contribution in [3.05, 3.63) is 140 Å². The van der Waals surface area contributed by atoms with Gasteiger partial charge in [0.15, 0.2) is 0 Å². The predicted octanol–water partition coefficient (Wildman–Crippen LogP) is 9.37. The number of anilines is 2. The van der Waals surface area contributed by atoms with Crippen molar-refractivity contribution < 1.29 is 0 Å². The van der Waals surface area contributed by atoms with Gasteiger partial charge in [-0.3, -0.25) is 0 Å². The minimum Gasteiger partial charge on any atom is -0.345 e. The van der Waals surface area contributed by atoms with Crippen molar-refractivity contribution in [2.24, 2.45) is 0 Å². The first-order valence-corrected chi connectivity index (χ1v) is 12.7. The van der Waals surface area contributed by atoms with Crippen molar-refractivity contribution in [3.8, 4) is 16.8 Å². The molecule has 1 heterocycles. The Balaban J connectivity index is 1.36. The van der Waals surface area contributed by atoms with Gasteiger partial charge in [-0.15, -0.1) is 0 Å². The van der Waals surface area contributed by atoms with Gasteiger partial charge in [0.05, 0.1) is 11.0 Å². The molecule has 37 heavy (non-hydrogen) atoms. The van der Waals surface area contributed by atoms with Crippen LogP contribution < -0.4 is 4.90 Å². The van der Waals surface area contributed by atoms with E-state index in [1.165, 1.54) is 60.8 Å². The predicted molar refractivity (Wildman–Crippen MR) is 158 cm³/mol. The number of rotatable bonds is 4.